The van der Waals surface area contributed by atoms with Gasteiger partial charge in [0.2, 0.25) is 0 Å². The monoisotopic (exact) mass is 405 g/mol. The normalized spacial score (nSPS) is 10.5. The van der Waals surface area contributed by atoms with E-state index < -0.39 is 0 Å². The first-order valence-electron chi connectivity index (χ1n) is 8.04. The zero-order valence-corrected chi connectivity index (χ0v) is 16.2. The van der Waals surface area contributed by atoms with Crippen molar-refractivity contribution in [2.75, 3.05) is 12.4 Å². The number of nitrogens with one attached hydrogen (secondary N) is 1. The molecule has 0 spiro atoms. The molecule has 0 fully saturated rings. The van der Waals surface area contributed by atoms with Crippen LogP contribution in [0.5, 0.6) is 11.5 Å². The van der Waals surface area contributed by atoms with Crippen LogP contribution in [0.2, 0.25) is 10.0 Å². The molecule has 1 aromatic heterocycles. The van der Waals surface area contributed by atoms with Crippen LogP contribution in [0.25, 0.3) is 0 Å². The van der Waals surface area contributed by atoms with Crippen LogP contribution in [0.15, 0.2) is 48.7 Å². The second-order valence-corrected chi connectivity index (χ2v) is 6.51. The van der Waals surface area contributed by atoms with Gasteiger partial charge >= 0.3 is 0 Å². The van der Waals surface area contributed by atoms with E-state index in [0.717, 1.165) is 5.56 Å². The molecule has 0 radical (unpaired) electrons. The molecule has 1 amide bonds. The average molecular weight is 406 g/mol. The summed E-state index contributed by atoms with van der Waals surface area (Å²) in [6.07, 6.45) is 1.64. The number of hydrogen-bond acceptors (Lipinski definition) is 4. The van der Waals surface area contributed by atoms with Crippen molar-refractivity contribution in [3.05, 3.63) is 70.0 Å². The Labute approximate surface area is 166 Å². The summed E-state index contributed by atoms with van der Waals surface area (Å²) in [7, 11) is 1.55. The summed E-state index contributed by atoms with van der Waals surface area (Å²) in [6, 6.07) is 12.2. The molecule has 0 aliphatic heterocycles. The number of ether oxygens (including phenoxy) is 2. The number of amides is 1. The van der Waals surface area contributed by atoms with Crippen LogP contribution in [0.4, 0.5) is 5.69 Å². The van der Waals surface area contributed by atoms with E-state index in [1.807, 2.05) is 19.1 Å². The van der Waals surface area contributed by atoms with Crippen molar-refractivity contribution in [1.29, 1.82) is 0 Å². The van der Waals surface area contributed by atoms with Crippen LogP contribution in [0, 0.1) is 6.92 Å². The molecule has 1 heterocycles. The van der Waals surface area contributed by atoms with Crippen LogP contribution >= 0.6 is 23.2 Å². The van der Waals surface area contributed by atoms with Gasteiger partial charge in [-0.25, -0.2) is 4.68 Å². The molecule has 0 unspecified atom stereocenters. The van der Waals surface area contributed by atoms with Crippen LogP contribution < -0.4 is 14.8 Å². The fraction of sp³-hybridized carbons (Fsp3) is 0.158. The maximum atomic E-state index is 12.5. The van der Waals surface area contributed by atoms with Gasteiger partial charge in [0.1, 0.15) is 16.5 Å². The average Bonchev–Trinajstić information content (AvgIpc) is 3.12. The van der Waals surface area contributed by atoms with E-state index >= 15 is 0 Å². The molecule has 0 aliphatic carbocycles. The third-order valence-electron chi connectivity index (χ3n) is 3.74. The van der Waals surface area contributed by atoms with Gasteiger partial charge in [-0.3, -0.25) is 4.79 Å². The van der Waals surface area contributed by atoms with Crippen LogP contribution in [-0.4, -0.2) is 22.8 Å². The van der Waals surface area contributed by atoms with Gasteiger partial charge in [-0.2, -0.15) is 5.10 Å². The van der Waals surface area contributed by atoms with Crippen molar-refractivity contribution in [2.45, 2.75) is 13.7 Å². The summed E-state index contributed by atoms with van der Waals surface area (Å²) in [5, 5.41) is 7.75. The molecular formula is C19H17Cl2N3O3. The van der Waals surface area contributed by atoms with Gasteiger partial charge in [0.25, 0.3) is 5.91 Å². The van der Waals surface area contributed by atoms with Gasteiger partial charge in [0.05, 0.1) is 17.8 Å². The predicted octanol–water partition coefficient (Wildman–Crippen LogP) is 4.80. The Bertz CT molecular complexity index is 973. The summed E-state index contributed by atoms with van der Waals surface area (Å²) in [5.41, 5.74) is 1.83. The minimum absolute atomic E-state index is 0.0844. The van der Waals surface area contributed by atoms with E-state index in [1.54, 1.807) is 43.6 Å². The lowest BCUT2D eigenvalue weighted by Gasteiger charge is -2.10. The summed E-state index contributed by atoms with van der Waals surface area (Å²) in [6.45, 7) is 2.02. The highest BCUT2D eigenvalue weighted by molar-refractivity contribution is 6.42. The maximum Gasteiger partial charge on any atom is 0.276 e. The van der Waals surface area contributed by atoms with Crippen molar-refractivity contribution in [2.24, 2.45) is 0 Å². The number of benzene rings is 2. The molecule has 3 rings (SSSR count). The summed E-state index contributed by atoms with van der Waals surface area (Å²) >= 11 is 12.0. The Kier molecular flexibility index (Phi) is 5.88. The molecule has 27 heavy (non-hydrogen) atoms. The standard InChI is InChI=1S/C19H17Cl2N3O3/c1-12-6-7-16(26-2)15(10-12)22-19(25)14-8-9-24(23-14)11-27-17-5-3-4-13(20)18(17)21/h3-10H,11H2,1-2H3,(H,22,25). The molecule has 3 aromatic rings. The molecule has 0 aliphatic rings. The molecule has 0 saturated heterocycles. The number of carbonyl (C=O) groups is 1. The zero-order valence-electron chi connectivity index (χ0n) is 14.7. The third-order valence-corrected chi connectivity index (χ3v) is 4.55. The molecule has 0 saturated carbocycles. The number of nitrogens with zero attached hydrogens (tertiary/aromatic N) is 2. The Balaban J connectivity index is 1.67. The van der Waals surface area contributed by atoms with Crippen LogP contribution in [0.1, 0.15) is 16.1 Å². The van der Waals surface area contributed by atoms with E-state index in [-0.39, 0.29) is 18.3 Å². The number of rotatable bonds is 6. The number of aryl methyl sites for hydroxylation is 1. The van der Waals surface area contributed by atoms with E-state index in [2.05, 4.69) is 10.4 Å². The SMILES string of the molecule is COc1ccc(C)cc1NC(=O)c1ccn(COc2cccc(Cl)c2Cl)n1. The first-order valence-corrected chi connectivity index (χ1v) is 8.80. The number of anilines is 1. The molecule has 140 valence electrons. The fourth-order valence-electron chi connectivity index (χ4n) is 2.39. The van der Waals surface area contributed by atoms with Crippen molar-refractivity contribution >= 4 is 34.8 Å². The number of carbonyl (C=O) groups excluding carboxylic acids is 1. The van der Waals surface area contributed by atoms with Gasteiger partial charge in [0.15, 0.2) is 12.4 Å². The van der Waals surface area contributed by atoms with E-state index in [0.29, 0.717) is 27.2 Å². The van der Waals surface area contributed by atoms with Gasteiger partial charge < -0.3 is 14.8 Å². The molecule has 6 nitrogen and oxygen atoms in total. The number of halogens is 2. The number of hydrogen-bond donors (Lipinski definition) is 1. The molecule has 0 atom stereocenters. The third kappa shape index (κ3) is 4.53. The lowest BCUT2D eigenvalue weighted by molar-refractivity contribution is 0.102. The quantitative estimate of drug-likeness (QED) is 0.639. The molecular weight excluding hydrogens is 389 g/mol. The molecule has 2 aromatic carbocycles. The summed E-state index contributed by atoms with van der Waals surface area (Å²) in [4.78, 5) is 12.5. The Morgan fingerprint density at radius 3 is 2.78 bits per heavy atom. The topological polar surface area (TPSA) is 65.4 Å². The largest absolute Gasteiger partial charge is 0.495 e. The van der Waals surface area contributed by atoms with Crippen molar-refractivity contribution in [3.63, 3.8) is 0 Å². The lowest BCUT2D eigenvalue weighted by atomic mass is 10.2. The smallest absolute Gasteiger partial charge is 0.276 e. The second kappa shape index (κ2) is 8.33. The second-order valence-electron chi connectivity index (χ2n) is 5.72. The van der Waals surface area contributed by atoms with Crippen LogP contribution in [-0.2, 0) is 6.73 Å². The zero-order chi connectivity index (χ0) is 19.4. The summed E-state index contributed by atoms with van der Waals surface area (Å²) < 4.78 is 12.4. The first kappa shape index (κ1) is 19.1. The van der Waals surface area contributed by atoms with Crippen molar-refractivity contribution < 1.29 is 14.3 Å². The minimum Gasteiger partial charge on any atom is -0.495 e. The van der Waals surface area contributed by atoms with Crippen molar-refractivity contribution in [1.82, 2.24) is 9.78 Å². The van der Waals surface area contributed by atoms with Crippen LogP contribution in [0.3, 0.4) is 0 Å². The first-order chi connectivity index (χ1) is 13.0. The highest BCUT2D eigenvalue weighted by atomic mass is 35.5. The van der Waals surface area contributed by atoms with E-state index in [1.165, 1.54) is 4.68 Å². The highest BCUT2D eigenvalue weighted by Gasteiger charge is 2.13. The highest BCUT2D eigenvalue weighted by Crippen LogP contribution is 2.31. The van der Waals surface area contributed by atoms with Gasteiger partial charge in [-0.15, -0.1) is 0 Å². The fourth-order valence-corrected chi connectivity index (χ4v) is 2.74. The Hall–Kier alpha value is -2.70. The van der Waals surface area contributed by atoms with Gasteiger partial charge in [0, 0.05) is 6.20 Å². The Morgan fingerprint density at radius 1 is 1.19 bits per heavy atom. The maximum absolute atomic E-state index is 12.5. The van der Waals surface area contributed by atoms with E-state index in [9.17, 15) is 4.79 Å². The van der Waals surface area contributed by atoms with Gasteiger partial charge in [-0.05, 0) is 42.8 Å². The summed E-state index contributed by atoms with van der Waals surface area (Å²) in [5.74, 6) is 0.668. The number of methoxy groups -OCH3 is 1. The molecule has 0 bridgehead atoms. The molecule has 1 N–H and O–H groups in total. The lowest BCUT2D eigenvalue weighted by Crippen LogP contribution is -2.15. The van der Waals surface area contributed by atoms with Crippen molar-refractivity contribution in [3.8, 4) is 11.5 Å². The number of aromatic nitrogens is 2. The van der Waals surface area contributed by atoms with Gasteiger partial charge in [-0.1, -0.05) is 35.3 Å². The Morgan fingerprint density at radius 2 is 2.00 bits per heavy atom. The predicted molar refractivity (Wildman–Crippen MR) is 105 cm³/mol. The molecule has 8 heteroatoms. The van der Waals surface area contributed by atoms with E-state index in [4.69, 9.17) is 32.7 Å². The minimum atomic E-state index is -0.349.